The maximum absolute atomic E-state index is 12.4. The van der Waals surface area contributed by atoms with E-state index in [2.05, 4.69) is 20.7 Å². The minimum Gasteiger partial charge on any atom is -0.399 e. The highest BCUT2D eigenvalue weighted by molar-refractivity contribution is 9.10. The predicted octanol–water partition coefficient (Wildman–Crippen LogP) is 3.45. The van der Waals surface area contributed by atoms with Gasteiger partial charge in [-0.3, -0.25) is 4.72 Å². The minimum atomic E-state index is -3.63. The van der Waals surface area contributed by atoms with Crippen LogP contribution < -0.4 is 10.5 Å². The van der Waals surface area contributed by atoms with Gasteiger partial charge in [-0.15, -0.1) is 0 Å². The summed E-state index contributed by atoms with van der Waals surface area (Å²) in [6, 6.07) is 10.00. The molecule has 0 aliphatic carbocycles. The number of hydrogen-bond donors (Lipinski definition) is 2. The molecule has 0 aromatic heterocycles. The maximum atomic E-state index is 12.4. The Kier molecular flexibility index (Phi) is 4.06. The number of aryl methyl sites for hydroxylation is 2. The molecule has 20 heavy (non-hydrogen) atoms. The molecule has 0 heterocycles. The van der Waals surface area contributed by atoms with E-state index in [1.807, 2.05) is 13.8 Å². The van der Waals surface area contributed by atoms with Gasteiger partial charge in [-0.1, -0.05) is 6.07 Å². The molecule has 0 radical (unpaired) electrons. The van der Waals surface area contributed by atoms with Crippen LogP contribution in [0.4, 0.5) is 11.4 Å². The Morgan fingerprint density at radius 1 is 1.05 bits per heavy atom. The van der Waals surface area contributed by atoms with Crippen LogP contribution in [-0.4, -0.2) is 8.42 Å². The molecule has 2 aromatic rings. The highest BCUT2D eigenvalue weighted by Crippen LogP contribution is 2.27. The van der Waals surface area contributed by atoms with Crippen molar-refractivity contribution in [3.8, 4) is 0 Å². The van der Waals surface area contributed by atoms with Crippen molar-refractivity contribution in [2.45, 2.75) is 18.7 Å². The number of nitrogen functional groups attached to an aromatic ring is 1. The lowest BCUT2D eigenvalue weighted by Gasteiger charge is -2.11. The molecule has 106 valence electrons. The van der Waals surface area contributed by atoms with E-state index in [0.29, 0.717) is 15.8 Å². The van der Waals surface area contributed by atoms with Crippen LogP contribution in [0.25, 0.3) is 0 Å². The fraction of sp³-hybridized carbons (Fsp3) is 0.143. The Morgan fingerprint density at radius 2 is 1.75 bits per heavy atom. The lowest BCUT2D eigenvalue weighted by molar-refractivity contribution is 0.601. The normalized spacial score (nSPS) is 11.3. The summed E-state index contributed by atoms with van der Waals surface area (Å²) in [6.45, 7) is 3.82. The van der Waals surface area contributed by atoms with E-state index in [1.165, 1.54) is 0 Å². The van der Waals surface area contributed by atoms with Crippen molar-refractivity contribution in [1.29, 1.82) is 0 Å². The van der Waals surface area contributed by atoms with Crippen molar-refractivity contribution in [2.24, 2.45) is 0 Å². The summed E-state index contributed by atoms with van der Waals surface area (Å²) < 4.78 is 27.9. The monoisotopic (exact) mass is 354 g/mol. The predicted molar refractivity (Wildman–Crippen MR) is 85.3 cm³/mol. The van der Waals surface area contributed by atoms with Crippen LogP contribution in [0.1, 0.15) is 11.1 Å². The number of hydrogen-bond acceptors (Lipinski definition) is 3. The zero-order valence-corrected chi connectivity index (χ0v) is 13.5. The topological polar surface area (TPSA) is 72.2 Å². The minimum absolute atomic E-state index is 0.231. The van der Waals surface area contributed by atoms with Crippen LogP contribution in [-0.2, 0) is 10.0 Å². The third-order valence-corrected chi connectivity index (χ3v) is 5.08. The van der Waals surface area contributed by atoms with E-state index in [0.717, 1.165) is 11.1 Å². The number of anilines is 2. The molecule has 2 rings (SSSR count). The van der Waals surface area contributed by atoms with Gasteiger partial charge in [0.1, 0.15) is 0 Å². The zero-order valence-electron chi connectivity index (χ0n) is 11.1. The Morgan fingerprint density at radius 3 is 2.40 bits per heavy atom. The average Bonchev–Trinajstić information content (AvgIpc) is 2.36. The van der Waals surface area contributed by atoms with Gasteiger partial charge in [-0.25, -0.2) is 8.42 Å². The first-order chi connectivity index (χ1) is 9.29. The molecule has 3 N–H and O–H groups in total. The van der Waals surface area contributed by atoms with Gasteiger partial charge in [0.25, 0.3) is 10.0 Å². The van der Waals surface area contributed by atoms with Gasteiger partial charge in [0.05, 0.1) is 10.6 Å². The molecule has 0 aliphatic heterocycles. The van der Waals surface area contributed by atoms with Gasteiger partial charge in [0.2, 0.25) is 0 Å². The van der Waals surface area contributed by atoms with Crippen LogP contribution in [0, 0.1) is 13.8 Å². The van der Waals surface area contributed by atoms with Crippen molar-refractivity contribution in [3.05, 3.63) is 52.0 Å². The van der Waals surface area contributed by atoms with Crippen molar-refractivity contribution in [2.75, 3.05) is 10.5 Å². The molecule has 0 spiro atoms. The highest BCUT2D eigenvalue weighted by atomic mass is 79.9. The molecule has 0 saturated heterocycles. The highest BCUT2D eigenvalue weighted by Gasteiger charge is 2.16. The lowest BCUT2D eigenvalue weighted by atomic mass is 10.1. The van der Waals surface area contributed by atoms with Crippen LogP contribution in [0.15, 0.2) is 45.8 Å². The maximum Gasteiger partial charge on any atom is 0.261 e. The lowest BCUT2D eigenvalue weighted by Crippen LogP contribution is -2.13. The second-order valence-corrected chi connectivity index (χ2v) is 7.13. The van der Waals surface area contributed by atoms with Gasteiger partial charge in [-0.05, 0) is 71.2 Å². The largest absolute Gasteiger partial charge is 0.399 e. The molecule has 0 amide bonds. The molecule has 0 fully saturated rings. The number of nitrogens with two attached hydrogens (primary N) is 1. The van der Waals surface area contributed by atoms with Gasteiger partial charge in [0, 0.05) is 10.2 Å². The van der Waals surface area contributed by atoms with E-state index in [4.69, 9.17) is 5.73 Å². The van der Waals surface area contributed by atoms with E-state index in [-0.39, 0.29) is 4.90 Å². The van der Waals surface area contributed by atoms with Crippen molar-refractivity contribution in [1.82, 2.24) is 0 Å². The molecule has 0 bridgehead atoms. The summed E-state index contributed by atoms with van der Waals surface area (Å²) in [4.78, 5) is 0.231. The number of benzene rings is 2. The van der Waals surface area contributed by atoms with E-state index < -0.39 is 10.0 Å². The summed E-state index contributed by atoms with van der Waals surface area (Å²) in [5.74, 6) is 0. The molecular weight excluding hydrogens is 340 g/mol. The Labute approximate surface area is 127 Å². The van der Waals surface area contributed by atoms with Gasteiger partial charge in [0.15, 0.2) is 0 Å². The molecule has 0 aliphatic rings. The van der Waals surface area contributed by atoms with Gasteiger partial charge < -0.3 is 5.73 Å². The summed E-state index contributed by atoms with van der Waals surface area (Å²) in [7, 11) is -3.63. The molecule has 6 heteroatoms. The number of nitrogens with one attached hydrogen (secondary N) is 1. The van der Waals surface area contributed by atoms with Crippen molar-refractivity contribution >= 4 is 37.3 Å². The van der Waals surface area contributed by atoms with Crippen LogP contribution >= 0.6 is 15.9 Å². The number of halogens is 1. The average molecular weight is 355 g/mol. The third-order valence-electron chi connectivity index (χ3n) is 3.02. The zero-order chi connectivity index (χ0) is 14.9. The fourth-order valence-electron chi connectivity index (χ4n) is 1.71. The second-order valence-electron chi connectivity index (χ2n) is 4.59. The quantitative estimate of drug-likeness (QED) is 0.829. The van der Waals surface area contributed by atoms with Gasteiger partial charge >= 0.3 is 0 Å². The second kappa shape index (κ2) is 5.46. The first-order valence-electron chi connectivity index (χ1n) is 5.95. The molecule has 0 unspecified atom stereocenters. The number of sulfonamides is 1. The summed E-state index contributed by atoms with van der Waals surface area (Å²) in [6.07, 6.45) is 0. The first kappa shape index (κ1) is 14.9. The molecular formula is C14H15BrN2O2S. The molecule has 0 saturated carbocycles. The number of rotatable bonds is 3. The van der Waals surface area contributed by atoms with Crippen molar-refractivity contribution < 1.29 is 8.42 Å². The molecule has 4 nitrogen and oxygen atoms in total. The van der Waals surface area contributed by atoms with E-state index in [1.54, 1.807) is 36.4 Å². The smallest absolute Gasteiger partial charge is 0.261 e. The standard InChI is InChI=1S/C14H15BrN2O2S/c1-9-3-5-12(7-10(9)2)20(18,19)17-14-8-11(16)4-6-13(14)15/h3-8,17H,16H2,1-2H3. The van der Waals surface area contributed by atoms with Gasteiger partial charge in [-0.2, -0.15) is 0 Å². The Bertz CT molecular complexity index is 758. The molecule has 2 aromatic carbocycles. The third kappa shape index (κ3) is 3.13. The summed E-state index contributed by atoms with van der Waals surface area (Å²) in [5, 5.41) is 0. The van der Waals surface area contributed by atoms with E-state index in [9.17, 15) is 8.42 Å². The summed E-state index contributed by atoms with van der Waals surface area (Å²) in [5.41, 5.74) is 8.56. The SMILES string of the molecule is Cc1ccc(S(=O)(=O)Nc2cc(N)ccc2Br)cc1C. The van der Waals surface area contributed by atoms with Crippen molar-refractivity contribution in [3.63, 3.8) is 0 Å². The Balaban J connectivity index is 2.40. The van der Waals surface area contributed by atoms with Crippen LogP contribution in [0.2, 0.25) is 0 Å². The molecule has 0 atom stereocenters. The van der Waals surface area contributed by atoms with Crippen LogP contribution in [0.5, 0.6) is 0 Å². The van der Waals surface area contributed by atoms with E-state index >= 15 is 0 Å². The fourth-order valence-corrected chi connectivity index (χ4v) is 3.34. The Hall–Kier alpha value is -1.53. The van der Waals surface area contributed by atoms with Crippen LogP contribution in [0.3, 0.4) is 0 Å². The summed E-state index contributed by atoms with van der Waals surface area (Å²) >= 11 is 3.30. The first-order valence-corrected chi connectivity index (χ1v) is 8.22.